The van der Waals surface area contributed by atoms with Crippen LogP contribution in [-0.4, -0.2) is 10.8 Å². The van der Waals surface area contributed by atoms with Gasteiger partial charge in [-0.05, 0) is 6.42 Å². The fourth-order valence-corrected chi connectivity index (χ4v) is 1.49. The molecular formula is C9H13NOS. The van der Waals surface area contributed by atoms with Crippen molar-refractivity contribution in [1.82, 2.24) is 4.98 Å². The van der Waals surface area contributed by atoms with Crippen LogP contribution in [0.2, 0.25) is 0 Å². The van der Waals surface area contributed by atoms with Gasteiger partial charge in [0.1, 0.15) is 5.78 Å². The van der Waals surface area contributed by atoms with Crippen LogP contribution in [0, 0.1) is 5.92 Å². The highest BCUT2D eigenvalue weighted by atomic mass is 32.1. The molecule has 3 heteroatoms. The minimum Gasteiger partial charge on any atom is -0.299 e. The second-order valence-corrected chi connectivity index (χ2v) is 3.82. The summed E-state index contributed by atoms with van der Waals surface area (Å²) in [5.74, 6) is 0.478. The van der Waals surface area contributed by atoms with Gasteiger partial charge in [0.2, 0.25) is 0 Å². The van der Waals surface area contributed by atoms with E-state index in [1.165, 1.54) is 0 Å². The number of aromatic nitrogens is 1. The number of rotatable bonds is 4. The van der Waals surface area contributed by atoms with Crippen LogP contribution < -0.4 is 0 Å². The number of aryl methyl sites for hydroxylation is 1. The smallest absolute Gasteiger partial charge is 0.135 e. The number of carbonyl (C=O) groups is 1. The Balaban J connectivity index is 2.32. The van der Waals surface area contributed by atoms with Gasteiger partial charge in [0, 0.05) is 17.7 Å². The maximum atomic E-state index is 11.2. The van der Waals surface area contributed by atoms with Gasteiger partial charge in [-0.15, -0.1) is 11.3 Å². The van der Waals surface area contributed by atoms with Crippen molar-refractivity contribution < 1.29 is 4.79 Å². The lowest BCUT2D eigenvalue weighted by Crippen LogP contribution is -2.07. The van der Waals surface area contributed by atoms with Gasteiger partial charge in [0.15, 0.2) is 0 Å². The fraction of sp³-hybridized carbons (Fsp3) is 0.556. The molecule has 12 heavy (non-hydrogen) atoms. The van der Waals surface area contributed by atoms with Crippen molar-refractivity contribution in [2.75, 3.05) is 0 Å². The average Bonchev–Trinajstić information content (AvgIpc) is 2.51. The molecule has 0 aliphatic rings. The van der Waals surface area contributed by atoms with E-state index in [4.69, 9.17) is 0 Å². The molecule has 1 heterocycles. The molecule has 1 rings (SSSR count). The zero-order valence-electron chi connectivity index (χ0n) is 7.41. The highest BCUT2D eigenvalue weighted by Crippen LogP contribution is 2.07. The second-order valence-electron chi connectivity index (χ2n) is 3.10. The molecule has 0 aliphatic heterocycles. The van der Waals surface area contributed by atoms with E-state index in [-0.39, 0.29) is 5.92 Å². The normalized spacial score (nSPS) is 10.6. The summed E-state index contributed by atoms with van der Waals surface area (Å²) in [4.78, 5) is 15.3. The monoisotopic (exact) mass is 183 g/mol. The van der Waals surface area contributed by atoms with Gasteiger partial charge in [-0.3, -0.25) is 4.79 Å². The lowest BCUT2D eigenvalue weighted by Gasteiger charge is -2.01. The molecule has 0 atom stereocenters. The van der Waals surface area contributed by atoms with Crippen LogP contribution in [0.1, 0.15) is 26.0 Å². The van der Waals surface area contributed by atoms with Crippen LogP contribution in [0.5, 0.6) is 0 Å². The van der Waals surface area contributed by atoms with E-state index in [1.807, 2.05) is 19.2 Å². The summed E-state index contributed by atoms with van der Waals surface area (Å²) in [5, 5.41) is 1.99. The topological polar surface area (TPSA) is 30.0 Å². The van der Waals surface area contributed by atoms with Crippen molar-refractivity contribution >= 4 is 17.1 Å². The van der Waals surface area contributed by atoms with Crippen molar-refractivity contribution in [2.45, 2.75) is 26.7 Å². The molecule has 0 radical (unpaired) electrons. The number of hydrogen-bond acceptors (Lipinski definition) is 3. The molecular weight excluding hydrogens is 170 g/mol. The molecule has 0 unspecified atom stereocenters. The predicted octanol–water partition coefficient (Wildman–Crippen LogP) is 2.30. The standard InChI is InChI=1S/C9H13NOS/c1-7(2)9(11)4-3-8-5-12-6-10-8/h5-7H,3-4H2,1-2H3. The first kappa shape index (κ1) is 9.39. The van der Waals surface area contributed by atoms with E-state index in [2.05, 4.69) is 4.98 Å². The Bertz CT molecular complexity index is 241. The summed E-state index contributed by atoms with van der Waals surface area (Å²) in [6.07, 6.45) is 1.42. The number of nitrogens with zero attached hydrogens (tertiary/aromatic N) is 1. The molecule has 0 amide bonds. The first-order valence-corrected chi connectivity index (χ1v) is 5.04. The SMILES string of the molecule is CC(C)C(=O)CCc1cscn1. The average molecular weight is 183 g/mol. The lowest BCUT2D eigenvalue weighted by molar-refractivity contribution is -0.121. The summed E-state index contributed by atoms with van der Waals surface area (Å²) >= 11 is 1.58. The lowest BCUT2D eigenvalue weighted by atomic mass is 10.0. The van der Waals surface area contributed by atoms with Crippen LogP contribution in [0.3, 0.4) is 0 Å². The van der Waals surface area contributed by atoms with Gasteiger partial charge in [0.25, 0.3) is 0 Å². The zero-order chi connectivity index (χ0) is 8.97. The molecule has 1 aromatic heterocycles. The summed E-state index contributed by atoms with van der Waals surface area (Å²) in [7, 11) is 0. The number of carbonyl (C=O) groups excluding carboxylic acids is 1. The third-order valence-corrected chi connectivity index (χ3v) is 2.39. The van der Waals surface area contributed by atoms with E-state index < -0.39 is 0 Å². The van der Waals surface area contributed by atoms with E-state index >= 15 is 0 Å². The Morgan fingerprint density at radius 3 is 2.92 bits per heavy atom. The van der Waals surface area contributed by atoms with E-state index in [9.17, 15) is 4.79 Å². The Hall–Kier alpha value is -0.700. The first-order valence-electron chi connectivity index (χ1n) is 4.10. The predicted molar refractivity (Wildman–Crippen MR) is 50.3 cm³/mol. The number of ketones is 1. The molecule has 0 saturated carbocycles. The number of Topliss-reactive ketones (excluding diaryl/α,β-unsaturated/α-hetero) is 1. The molecule has 1 aromatic rings. The van der Waals surface area contributed by atoms with Crippen LogP contribution in [0.4, 0.5) is 0 Å². The largest absolute Gasteiger partial charge is 0.299 e. The summed E-state index contributed by atoms with van der Waals surface area (Å²) in [6.45, 7) is 3.87. The maximum absolute atomic E-state index is 11.2. The van der Waals surface area contributed by atoms with Crippen LogP contribution >= 0.6 is 11.3 Å². The van der Waals surface area contributed by atoms with E-state index in [0.717, 1.165) is 12.1 Å². The summed E-state index contributed by atoms with van der Waals surface area (Å²) in [6, 6.07) is 0. The first-order chi connectivity index (χ1) is 5.70. The molecule has 0 bridgehead atoms. The van der Waals surface area contributed by atoms with Gasteiger partial charge < -0.3 is 0 Å². The van der Waals surface area contributed by atoms with Crippen molar-refractivity contribution in [3.05, 3.63) is 16.6 Å². The van der Waals surface area contributed by atoms with Gasteiger partial charge in [-0.2, -0.15) is 0 Å². The third-order valence-electron chi connectivity index (χ3n) is 1.75. The van der Waals surface area contributed by atoms with Gasteiger partial charge in [-0.1, -0.05) is 13.8 Å². The fourth-order valence-electron chi connectivity index (χ4n) is 0.901. The Kier molecular flexibility index (Phi) is 3.41. The molecule has 66 valence electrons. The zero-order valence-corrected chi connectivity index (χ0v) is 8.23. The molecule has 0 N–H and O–H groups in total. The number of thiazole rings is 1. The molecule has 2 nitrogen and oxygen atoms in total. The summed E-state index contributed by atoms with van der Waals surface area (Å²) < 4.78 is 0. The Morgan fingerprint density at radius 1 is 1.67 bits per heavy atom. The molecule has 0 fully saturated rings. The van der Waals surface area contributed by atoms with Crippen LogP contribution in [-0.2, 0) is 11.2 Å². The van der Waals surface area contributed by atoms with Gasteiger partial charge in [0.05, 0.1) is 11.2 Å². The van der Waals surface area contributed by atoms with Crippen molar-refractivity contribution in [3.63, 3.8) is 0 Å². The van der Waals surface area contributed by atoms with Gasteiger partial charge >= 0.3 is 0 Å². The van der Waals surface area contributed by atoms with Gasteiger partial charge in [-0.25, -0.2) is 4.98 Å². The van der Waals surface area contributed by atoms with Crippen molar-refractivity contribution in [1.29, 1.82) is 0 Å². The second kappa shape index (κ2) is 4.36. The molecule has 0 spiro atoms. The maximum Gasteiger partial charge on any atom is 0.135 e. The van der Waals surface area contributed by atoms with E-state index in [1.54, 1.807) is 16.8 Å². The van der Waals surface area contributed by atoms with Crippen molar-refractivity contribution in [2.24, 2.45) is 5.92 Å². The molecule has 0 saturated heterocycles. The minimum atomic E-state index is 0.156. The minimum absolute atomic E-state index is 0.156. The highest BCUT2D eigenvalue weighted by Gasteiger charge is 2.07. The Labute approximate surface area is 76.6 Å². The Morgan fingerprint density at radius 2 is 2.42 bits per heavy atom. The quantitative estimate of drug-likeness (QED) is 0.717. The molecule has 0 aliphatic carbocycles. The van der Waals surface area contributed by atoms with E-state index in [0.29, 0.717) is 12.2 Å². The molecule has 0 aromatic carbocycles. The van der Waals surface area contributed by atoms with Crippen LogP contribution in [0.15, 0.2) is 10.9 Å². The third kappa shape index (κ3) is 2.74. The summed E-state index contributed by atoms with van der Waals surface area (Å²) in [5.41, 5.74) is 2.84. The highest BCUT2D eigenvalue weighted by molar-refractivity contribution is 7.07. The van der Waals surface area contributed by atoms with Crippen molar-refractivity contribution in [3.8, 4) is 0 Å². The number of hydrogen-bond donors (Lipinski definition) is 0. The van der Waals surface area contributed by atoms with Crippen LogP contribution in [0.25, 0.3) is 0 Å².